The molecule has 134 valence electrons. The molecular formula is C17H15ClN4O3S. The molecule has 0 unspecified atom stereocenters. The lowest BCUT2D eigenvalue weighted by Gasteiger charge is -2.28. The number of aromatic nitrogens is 2. The van der Waals surface area contributed by atoms with E-state index in [2.05, 4.69) is 10.4 Å². The molecule has 26 heavy (non-hydrogen) atoms. The van der Waals surface area contributed by atoms with Crippen LogP contribution < -0.4 is 15.8 Å². The molecule has 0 bridgehead atoms. The summed E-state index contributed by atoms with van der Waals surface area (Å²) in [7, 11) is 0. The molecular weight excluding hydrogens is 376 g/mol. The van der Waals surface area contributed by atoms with Crippen LogP contribution in [0.2, 0.25) is 5.02 Å². The van der Waals surface area contributed by atoms with Gasteiger partial charge in [0, 0.05) is 16.8 Å². The van der Waals surface area contributed by atoms with E-state index in [0.717, 1.165) is 17.5 Å². The van der Waals surface area contributed by atoms with Crippen LogP contribution >= 0.6 is 23.4 Å². The van der Waals surface area contributed by atoms with Crippen molar-refractivity contribution < 1.29 is 9.59 Å². The molecule has 1 aliphatic carbocycles. The Morgan fingerprint density at radius 1 is 1.35 bits per heavy atom. The second-order valence-corrected chi connectivity index (χ2v) is 7.62. The van der Waals surface area contributed by atoms with Gasteiger partial charge in [-0.15, -0.1) is 11.8 Å². The summed E-state index contributed by atoms with van der Waals surface area (Å²) in [6.07, 6.45) is 3.34. The largest absolute Gasteiger partial charge is 0.324 e. The molecule has 0 spiro atoms. The van der Waals surface area contributed by atoms with Crippen LogP contribution in [0.5, 0.6) is 0 Å². The van der Waals surface area contributed by atoms with Crippen LogP contribution in [-0.2, 0) is 16.1 Å². The van der Waals surface area contributed by atoms with E-state index in [4.69, 9.17) is 11.6 Å². The highest BCUT2D eigenvalue weighted by Gasteiger charge is 2.39. The number of nitrogens with one attached hydrogen (secondary N) is 1. The van der Waals surface area contributed by atoms with Gasteiger partial charge in [0.15, 0.2) is 0 Å². The molecule has 1 N–H and O–H groups in total. The standard InChI is InChI=1S/C17H15ClN4O3S/c18-10-2-1-3-11(6-10)20-14(23)8-21-17(25)16-13(7-19-21)26-9-15(24)22(16)12-4-5-12/h1-3,6-7,12H,4-5,8-9H2,(H,20,23). The molecule has 1 aromatic heterocycles. The minimum atomic E-state index is -0.420. The van der Waals surface area contributed by atoms with Gasteiger partial charge < -0.3 is 10.2 Å². The SMILES string of the molecule is O=C(Cn1ncc2c(c1=O)N(C1CC1)C(=O)CS2)Nc1cccc(Cl)c1. The van der Waals surface area contributed by atoms with Crippen molar-refractivity contribution in [3.63, 3.8) is 0 Å². The van der Waals surface area contributed by atoms with Gasteiger partial charge in [-0.1, -0.05) is 17.7 Å². The van der Waals surface area contributed by atoms with E-state index in [-0.39, 0.29) is 18.5 Å². The van der Waals surface area contributed by atoms with Crippen LogP contribution in [0, 0.1) is 0 Å². The molecule has 7 nitrogen and oxygen atoms in total. The molecule has 2 heterocycles. The van der Waals surface area contributed by atoms with Crippen LogP contribution in [0.25, 0.3) is 0 Å². The van der Waals surface area contributed by atoms with Crippen LogP contribution in [0.4, 0.5) is 11.4 Å². The monoisotopic (exact) mass is 390 g/mol. The van der Waals surface area contributed by atoms with Gasteiger partial charge in [-0.3, -0.25) is 14.4 Å². The molecule has 1 aliphatic heterocycles. The minimum Gasteiger partial charge on any atom is -0.324 e. The highest BCUT2D eigenvalue weighted by Crippen LogP contribution is 2.38. The Labute approximate surface area is 158 Å². The first kappa shape index (κ1) is 17.1. The first-order chi connectivity index (χ1) is 12.5. The number of rotatable bonds is 4. The fourth-order valence-corrected chi connectivity index (χ4v) is 3.91. The highest BCUT2D eigenvalue weighted by atomic mass is 35.5. The lowest BCUT2D eigenvalue weighted by molar-refractivity contribution is -0.117. The van der Waals surface area contributed by atoms with E-state index in [1.807, 2.05) is 0 Å². The number of thioether (sulfide) groups is 1. The predicted molar refractivity (Wildman–Crippen MR) is 99.8 cm³/mol. The summed E-state index contributed by atoms with van der Waals surface area (Å²) in [6.45, 7) is -0.240. The Bertz CT molecular complexity index is 957. The fourth-order valence-electron chi connectivity index (χ4n) is 2.86. The maximum absolute atomic E-state index is 12.8. The van der Waals surface area contributed by atoms with Gasteiger partial charge in [-0.05, 0) is 31.0 Å². The average molecular weight is 391 g/mol. The third kappa shape index (κ3) is 3.34. The van der Waals surface area contributed by atoms with Gasteiger partial charge in [0.25, 0.3) is 5.56 Å². The number of anilines is 2. The lowest BCUT2D eigenvalue weighted by Crippen LogP contribution is -2.43. The third-order valence-electron chi connectivity index (χ3n) is 4.16. The van der Waals surface area contributed by atoms with Gasteiger partial charge >= 0.3 is 0 Å². The normalized spacial score (nSPS) is 16.3. The Balaban J connectivity index is 1.59. The van der Waals surface area contributed by atoms with Crippen LogP contribution in [0.3, 0.4) is 0 Å². The van der Waals surface area contributed by atoms with E-state index < -0.39 is 11.5 Å². The predicted octanol–water partition coefficient (Wildman–Crippen LogP) is 2.14. The maximum Gasteiger partial charge on any atom is 0.292 e. The molecule has 1 fully saturated rings. The first-order valence-electron chi connectivity index (χ1n) is 8.13. The zero-order chi connectivity index (χ0) is 18.3. The number of carbonyl (C=O) groups is 2. The van der Waals surface area contributed by atoms with Crippen molar-refractivity contribution in [1.82, 2.24) is 9.78 Å². The van der Waals surface area contributed by atoms with Gasteiger partial charge in [-0.2, -0.15) is 5.10 Å². The number of amides is 2. The second-order valence-electron chi connectivity index (χ2n) is 6.16. The van der Waals surface area contributed by atoms with Crippen molar-refractivity contribution in [2.75, 3.05) is 16.0 Å². The quantitative estimate of drug-likeness (QED) is 0.864. The third-order valence-corrected chi connectivity index (χ3v) is 5.40. The second kappa shape index (κ2) is 6.77. The molecule has 0 saturated heterocycles. The summed E-state index contributed by atoms with van der Waals surface area (Å²) < 4.78 is 1.09. The van der Waals surface area contributed by atoms with Crippen molar-refractivity contribution in [2.24, 2.45) is 0 Å². The number of hydrogen-bond donors (Lipinski definition) is 1. The van der Waals surface area contributed by atoms with Gasteiger partial charge in [0.1, 0.15) is 12.2 Å². The Morgan fingerprint density at radius 3 is 2.88 bits per heavy atom. The van der Waals surface area contributed by atoms with Crippen molar-refractivity contribution in [3.8, 4) is 0 Å². The molecule has 2 aliphatic rings. The fraction of sp³-hybridized carbons (Fsp3) is 0.294. The summed E-state index contributed by atoms with van der Waals surface area (Å²) in [5.74, 6) is -0.151. The van der Waals surface area contributed by atoms with Gasteiger partial charge in [0.2, 0.25) is 11.8 Å². The highest BCUT2D eigenvalue weighted by molar-refractivity contribution is 8.00. The molecule has 2 amide bonds. The molecule has 0 radical (unpaired) electrons. The van der Waals surface area contributed by atoms with Crippen molar-refractivity contribution in [2.45, 2.75) is 30.3 Å². The molecule has 0 atom stereocenters. The molecule has 1 aromatic carbocycles. The number of carbonyl (C=O) groups excluding carboxylic acids is 2. The number of hydrogen-bond acceptors (Lipinski definition) is 5. The van der Waals surface area contributed by atoms with E-state index in [1.54, 1.807) is 35.4 Å². The lowest BCUT2D eigenvalue weighted by atomic mass is 10.3. The van der Waals surface area contributed by atoms with E-state index >= 15 is 0 Å². The van der Waals surface area contributed by atoms with E-state index in [9.17, 15) is 14.4 Å². The first-order valence-corrected chi connectivity index (χ1v) is 9.49. The van der Waals surface area contributed by atoms with Crippen LogP contribution in [0.15, 0.2) is 40.2 Å². The number of halogens is 1. The number of nitrogens with zero attached hydrogens (tertiary/aromatic N) is 3. The summed E-state index contributed by atoms with van der Waals surface area (Å²) >= 11 is 7.21. The Hall–Kier alpha value is -2.32. The van der Waals surface area contributed by atoms with Crippen LogP contribution in [-0.4, -0.2) is 33.4 Å². The van der Waals surface area contributed by atoms with E-state index in [1.165, 1.54) is 11.8 Å². The smallest absolute Gasteiger partial charge is 0.292 e. The average Bonchev–Trinajstić information content (AvgIpc) is 3.42. The van der Waals surface area contributed by atoms with Crippen molar-refractivity contribution >= 4 is 46.6 Å². The molecule has 2 aromatic rings. The Kier molecular flexibility index (Phi) is 4.46. The zero-order valence-corrected chi connectivity index (χ0v) is 15.2. The zero-order valence-electron chi connectivity index (χ0n) is 13.6. The maximum atomic E-state index is 12.8. The van der Waals surface area contributed by atoms with Crippen LogP contribution in [0.1, 0.15) is 12.8 Å². The summed E-state index contributed by atoms with van der Waals surface area (Å²) in [5.41, 5.74) is 0.467. The Morgan fingerprint density at radius 2 is 2.15 bits per heavy atom. The van der Waals surface area contributed by atoms with Gasteiger partial charge in [-0.25, -0.2) is 4.68 Å². The minimum absolute atomic E-state index is 0.0665. The summed E-state index contributed by atoms with van der Waals surface area (Å²) in [4.78, 5) is 39.6. The topological polar surface area (TPSA) is 84.3 Å². The van der Waals surface area contributed by atoms with Crippen molar-refractivity contribution in [3.05, 3.63) is 45.8 Å². The number of fused-ring (bicyclic) bond motifs is 1. The van der Waals surface area contributed by atoms with Gasteiger partial charge in [0.05, 0.1) is 16.8 Å². The number of benzene rings is 1. The van der Waals surface area contributed by atoms with Crippen molar-refractivity contribution in [1.29, 1.82) is 0 Å². The molecule has 1 saturated carbocycles. The van der Waals surface area contributed by atoms with E-state index in [0.29, 0.717) is 27.0 Å². The summed E-state index contributed by atoms with van der Waals surface area (Å²) in [6, 6.07) is 6.83. The summed E-state index contributed by atoms with van der Waals surface area (Å²) in [5, 5.41) is 7.28. The molecule has 9 heteroatoms. The molecule has 4 rings (SSSR count).